The summed E-state index contributed by atoms with van der Waals surface area (Å²) in [5, 5.41) is 51.2. The van der Waals surface area contributed by atoms with Crippen molar-refractivity contribution in [1.82, 2.24) is 0 Å². The third-order valence-corrected chi connectivity index (χ3v) is 10.4. The van der Waals surface area contributed by atoms with Gasteiger partial charge in [-0.3, -0.25) is 0 Å². The van der Waals surface area contributed by atoms with Gasteiger partial charge in [0, 0.05) is 0 Å². The minimum atomic E-state index is -4.46. The molecule has 7 heteroatoms. The molecule has 4 aromatic carbocycles. The molecule has 0 atom stereocenters. The van der Waals surface area contributed by atoms with E-state index in [1.54, 1.807) is 60.7 Å². The van der Waals surface area contributed by atoms with Gasteiger partial charge >= 0.3 is 198 Å². The summed E-state index contributed by atoms with van der Waals surface area (Å²) < 4.78 is 0. The maximum Gasteiger partial charge on any atom is 1.00 e. The van der Waals surface area contributed by atoms with Gasteiger partial charge in [0.05, 0.1) is 0 Å². The van der Waals surface area contributed by atoms with Crippen LogP contribution in [-0.2, 0) is 0 Å². The van der Waals surface area contributed by atoms with Gasteiger partial charge in [-0.2, -0.15) is 36.4 Å². The number of hydrogen-bond donors (Lipinski definition) is 0. The molecule has 0 aliphatic heterocycles. The molecule has 0 radical (unpaired) electrons. The van der Waals surface area contributed by atoms with Crippen LogP contribution in [0, 0.1) is 62.2 Å². The van der Waals surface area contributed by atoms with Crippen molar-refractivity contribution < 1.29 is 29.6 Å². The summed E-state index contributed by atoms with van der Waals surface area (Å²) in [6.45, 7) is -4.46. The van der Waals surface area contributed by atoms with Crippen LogP contribution in [0.2, 0.25) is 0 Å². The summed E-state index contributed by atoms with van der Waals surface area (Å²) >= 11 is 0. The fourth-order valence-electron chi connectivity index (χ4n) is 3.87. The van der Waals surface area contributed by atoms with Crippen molar-refractivity contribution >= 4 is 22.5 Å². The van der Waals surface area contributed by atoms with Crippen molar-refractivity contribution in [2.24, 2.45) is 0 Å². The number of nitrogens with zero attached hydrogens (tertiary/aromatic N) is 5. The molecule has 4 rings (SSSR count). The van der Waals surface area contributed by atoms with Crippen LogP contribution in [0.3, 0.4) is 0 Å². The van der Waals surface area contributed by atoms with E-state index in [-0.39, 0.29) is 51.6 Å². The van der Waals surface area contributed by atoms with E-state index in [2.05, 4.69) is 17.7 Å². The van der Waals surface area contributed by atoms with Crippen LogP contribution in [0.5, 0.6) is 0 Å². The summed E-state index contributed by atoms with van der Waals surface area (Å²) in [5.41, 5.74) is -0.208. The maximum atomic E-state index is 10.6. The predicted octanol–water partition coefficient (Wildman–Crippen LogP) is 1.58. The van der Waals surface area contributed by atoms with Gasteiger partial charge in [0.1, 0.15) is 0 Å². The second kappa shape index (κ2) is 12.5. The molecule has 164 valence electrons. The average Bonchev–Trinajstić information content (AvgIpc) is 2.96. The first-order chi connectivity index (χ1) is 17.1. The Kier molecular flexibility index (Phi) is 9.69. The molecule has 0 amide bonds. The summed E-state index contributed by atoms with van der Waals surface area (Å²) in [4.78, 5) is 0. The standard InChI is InChI=1S/C23H12N5P.C6H5.Na/c24-13-18-11-12-23(22(15-26)21(18)14-25)29(16-27,17-28,19-7-3-1-4-8-19)20-9-5-2-6-10-20;1-2-4-6-5-3-1;/h1-12H;1-5H;/q;-1;+1. The molecular weight excluding hydrogens is 472 g/mol. The summed E-state index contributed by atoms with van der Waals surface area (Å²) in [7, 11) is 0. The van der Waals surface area contributed by atoms with Crippen LogP contribution in [-0.4, -0.2) is 0 Å². The summed E-state index contributed by atoms with van der Waals surface area (Å²) in [6.07, 6.45) is 0. The molecule has 0 N–H and O–H groups in total. The van der Waals surface area contributed by atoms with Crippen molar-refractivity contribution in [2.45, 2.75) is 0 Å². The van der Waals surface area contributed by atoms with Gasteiger partial charge in [-0.15, -0.1) is 0 Å². The molecule has 0 aliphatic carbocycles. The minimum Gasteiger partial charge on any atom is -0.184 e. The van der Waals surface area contributed by atoms with E-state index in [0.29, 0.717) is 10.6 Å². The van der Waals surface area contributed by atoms with Gasteiger partial charge in [0.25, 0.3) is 0 Å². The number of nitriles is 5. The number of hydrogen-bond acceptors (Lipinski definition) is 5. The molecule has 0 saturated carbocycles. The van der Waals surface area contributed by atoms with Crippen molar-refractivity contribution in [3.05, 3.63) is 126 Å². The van der Waals surface area contributed by atoms with Gasteiger partial charge in [0.2, 0.25) is 0 Å². The van der Waals surface area contributed by atoms with E-state index in [1.165, 1.54) is 12.1 Å². The van der Waals surface area contributed by atoms with Crippen LogP contribution in [0.15, 0.2) is 103 Å². The van der Waals surface area contributed by atoms with Crippen molar-refractivity contribution in [3.63, 3.8) is 0 Å². The largest absolute Gasteiger partial charge is 1.00 e. The van der Waals surface area contributed by atoms with Crippen LogP contribution in [0.1, 0.15) is 16.7 Å². The molecule has 0 heterocycles. The van der Waals surface area contributed by atoms with E-state index in [1.807, 2.05) is 48.5 Å². The Hall–Kier alpha value is -4.24. The average molecular weight is 489 g/mol. The Balaban J connectivity index is 0.000000571. The first-order valence-electron chi connectivity index (χ1n) is 10.4. The minimum absolute atomic E-state index is 0. The SMILES string of the molecule is N#Cc1ccc(P(C#N)(C#N)(c2ccccc2)c2ccccc2)c(C#N)c1C#N.[Na+].[c-]1ccccc1. The summed E-state index contributed by atoms with van der Waals surface area (Å²) in [6, 6.07) is 38.4. The van der Waals surface area contributed by atoms with Gasteiger partial charge < -0.3 is 0 Å². The number of benzene rings is 4. The molecule has 0 aliphatic rings. The second-order valence-electron chi connectivity index (χ2n) is 7.28. The van der Waals surface area contributed by atoms with Crippen molar-refractivity contribution in [3.8, 4) is 29.8 Å². The Morgan fingerprint density at radius 2 is 1.00 bits per heavy atom. The fourth-order valence-corrected chi connectivity index (χ4v) is 7.96. The zero-order chi connectivity index (χ0) is 25.2. The van der Waals surface area contributed by atoms with E-state index in [0.717, 1.165) is 0 Å². The predicted molar refractivity (Wildman–Crippen MR) is 136 cm³/mol. The Bertz CT molecular complexity index is 1470. The quantitative estimate of drug-likeness (QED) is 0.246. The smallest absolute Gasteiger partial charge is 0.184 e. The molecular formula is C29H17N5NaP. The van der Waals surface area contributed by atoms with Gasteiger partial charge in [-0.05, 0) is 0 Å². The van der Waals surface area contributed by atoms with Crippen molar-refractivity contribution in [1.29, 1.82) is 26.3 Å². The first-order valence-corrected chi connectivity index (χ1v) is 12.6. The molecule has 0 fully saturated rings. The molecule has 0 aromatic heterocycles. The molecule has 0 saturated heterocycles. The fraction of sp³-hybridized carbons (Fsp3) is 0. The molecule has 0 unspecified atom stereocenters. The first kappa shape index (κ1) is 28.0. The van der Waals surface area contributed by atoms with Gasteiger partial charge in [0.15, 0.2) is 0 Å². The summed E-state index contributed by atoms with van der Waals surface area (Å²) in [5.74, 6) is 4.63. The van der Waals surface area contributed by atoms with Crippen LogP contribution >= 0.6 is 6.60 Å². The number of rotatable bonds is 3. The molecule has 0 spiro atoms. The molecule has 4 aromatic rings. The van der Waals surface area contributed by atoms with Gasteiger partial charge in [-0.1, -0.05) is 0 Å². The van der Waals surface area contributed by atoms with Crippen LogP contribution in [0.25, 0.3) is 0 Å². The Morgan fingerprint density at radius 3 is 1.33 bits per heavy atom. The van der Waals surface area contributed by atoms with Crippen LogP contribution < -0.4 is 45.5 Å². The van der Waals surface area contributed by atoms with E-state index in [9.17, 15) is 26.3 Å². The topological polar surface area (TPSA) is 119 Å². The normalized spacial score (nSPS) is 10.5. The van der Waals surface area contributed by atoms with E-state index < -0.39 is 6.60 Å². The van der Waals surface area contributed by atoms with E-state index in [4.69, 9.17) is 0 Å². The van der Waals surface area contributed by atoms with Crippen LogP contribution in [0.4, 0.5) is 0 Å². The van der Waals surface area contributed by atoms with E-state index >= 15 is 0 Å². The zero-order valence-corrected chi connectivity index (χ0v) is 22.4. The van der Waals surface area contributed by atoms with Gasteiger partial charge in [-0.25, -0.2) is 0 Å². The molecule has 0 bridgehead atoms. The maximum absolute atomic E-state index is 10.6. The second-order valence-corrected chi connectivity index (χ2v) is 11.4. The molecule has 36 heavy (non-hydrogen) atoms. The van der Waals surface area contributed by atoms with Crippen molar-refractivity contribution in [2.75, 3.05) is 0 Å². The monoisotopic (exact) mass is 489 g/mol. The Labute approximate surface area is 232 Å². The Morgan fingerprint density at radius 1 is 0.528 bits per heavy atom. The third kappa shape index (κ3) is 4.65. The third-order valence-electron chi connectivity index (χ3n) is 5.56. The zero-order valence-electron chi connectivity index (χ0n) is 19.5. The molecule has 5 nitrogen and oxygen atoms in total.